The van der Waals surface area contributed by atoms with Gasteiger partial charge < -0.3 is 5.73 Å². The Morgan fingerprint density at radius 2 is 1.93 bits per heavy atom. The van der Waals surface area contributed by atoms with Crippen LogP contribution in [0.15, 0.2) is 9.85 Å². The Bertz CT molecular complexity index is 306. The molecule has 0 aliphatic carbocycles. The molecule has 0 amide bonds. The molecule has 0 bridgehead atoms. The van der Waals surface area contributed by atoms with Gasteiger partial charge in [0.15, 0.2) is 0 Å². The molecule has 0 aliphatic heterocycles. The van der Waals surface area contributed by atoms with Gasteiger partial charge in [0.2, 0.25) is 0 Å². The first-order chi connectivity index (χ1) is 6.43. The summed E-state index contributed by atoms with van der Waals surface area (Å²) in [6, 6.07) is 2.32. The molecule has 1 aromatic heterocycles. The summed E-state index contributed by atoms with van der Waals surface area (Å²) in [7, 11) is 0. The molecule has 14 heavy (non-hydrogen) atoms. The van der Waals surface area contributed by atoms with Crippen molar-refractivity contribution in [3.63, 3.8) is 0 Å². The van der Waals surface area contributed by atoms with Gasteiger partial charge in [0.05, 0.1) is 3.79 Å². The van der Waals surface area contributed by atoms with E-state index in [9.17, 15) is 0 Å². The second-order valence-corrected chi connectivity index (χ2v) is 6.83. The van der Waals surface area contributed by atoms with Crippen LogP contribution in [0.2, 0.25) is 0 Å². The van der Waals surface area contributed by atoms with Crippen LogP contribution in [0.1, 0.15) is 37.3 Å². The molecule has 0 radical (unpaired) electrons. The van der Waals surface area contributed by atoms with E-state index in [1.165, 1.54) is 14.2 Å². The molecule has 0 aliphatic rings. The van der Waals surface area contributed by atoms with Gasteiger partial charge in [-0.3, -0.25) is 0 Å². The maximum Gasteiger partial charge on any atom is 0.0704 e. The molecule has 1 aromatic rings. The highest BCUT2D eigenvalue weighted by molar-refractivity contribution is 9.11. The quantitative estimate of drug-likeness (QED) is 0.883. The largest absolute Gasteiger partial charge is 0.324 e. The van der Waals surface area contributed by atoms with Gasteiger partial charge in [0.1, 0.15) is 0 Å². The molecule has 2 atom stereocenters. The highest BCUT2D eigenvalue weighted by atomic mass is 79.9. The molecule has 0 spiro atoms. The van der Waals surface area contributed by atoms with Crippen molar-refractivity contribution in [2.24, 2.45) is 17.6 Å². The molecule has 1 nitrogen and oxygen atoms in total. The number of rotatable bonds is 3. The van der Waals surface area contributed by atoms with Crippen molar-refractivity contribution in [1.82, 2.24) is 0 Å². The molecular formula is C11H18BrNS. The van der Waals surface area contributed by atoms with E-state index >= 15 is 0 Å². The molecule has 0 aromatic carbocycles. The van der Waals surface area contributed by atoms with Gasteiger partial charge >= 0.3 is 0 Å². The summed E-state index contributed by atoms with van der Waals surface area (Å²) < 4.78 is 1.18. The minimum atomic E-state index is 0.164. The third-order valence-corrected chi connectivity index (χ3v) is 4.47. The van der Waals surface area contributed by atoms with E-state index in [4.69, 9.17) is 5.73 Å². The molecule has 0 saturated heterocycles. The summed E-state index contributed by atoms with van der Waals surface area (Å²) in [5.41, 5.74) is 7.53. The minimum absolute atomic E-state index is 0.164. The zero-order chi connectivity index (χ0) is 10.9. The number of hydrogen-bond donors (Lipinski definition) is 1. The van der Waals surface area contributed by atoms with Crippen molar-refractivity contribution in [3.05, 3.63) is 20.3 Å². The van der Waals surface area contributed by atoms with E-state index in [0.29, 0.717) is 11.8 Å². The number of halogens is 1. The number of nitrogens with two attached hydrogens (primary N) is 1. The van der Waals surface area contributed by atoms with Crippen LogP contribution in [0.25, 0.3) is 0 Å². The monoisotopic (exact) mass is 275 g/mol. The molecule has 3 heteroatoms. The average Bonchev–Trinajstić information content (AvgIpc) is 2.42. The summed E-state index contributed by atoms with van der Waals surface area (Å²) in [6.45, 7) is 8.81. The lowest BCUT2D eigenvalue weighted by Gasteiger charge is -2.23. The van der Waals surface area contributed by atoms with E-state index in [2.05, 4.69) is 49.7 Å². The van der Waals surface area contributed by atoms with E-state index in [0.717, 1.165) is 0 Å². The minimum Gasteiger partial charge on any atom is -0.324 e. The Morgan fingerprint density at radius 3 is 2.29 bits per heavy atom. The van der Waals surface area contributed by atoms with Gasteiger partial charge in [-0.2, -0.15) is 0 Å². The molecule has 0 saturated carbocycles. The maximum atomic E-state index is 6.24. The van der Waals surface area contributed by atoms with Crippen molar-refractivity contribution in [1.29, 1.82) is 0 Å². The first kappa shape index (κ1) is 12.2. The highest BCUT2D eigenvalue weighted by Crippen LogP contribution is 2.34. The Balaban J connectivity index is 2.88. The molecule has 2 unspecified atom stereocenters. The van der Waals surface area contributed by atoms with Gasteiger partial charge in [-0.05, 0) is 46.3 Å². The van der Waals surface area contributed by atoms with Crippen LogP contribution in [-0.2, 0) is 0 Å². The summed E-state index contributed by atoms with van der Waals surface area (Å²) in [5.74, 6) is 1.15. The Morgan fingerprint density at radius 1 is 1.36 bits per heavy atom. The predicted octanol–water partition coefficient (Wildman–Crippen LogP) is 4.11. The SMILES string of the molecule is Cc1sc(Br)cc1C(N)C(C)C(C)C. The van der Waals surface area contributed by atoms with Gasteiger partial charge in [0, 0.05) is 10.9 Å². The fraction of sp³-hybridized carbons (Fsp3) is 0.636. The van der Waals surface area contributed by atoms with Gasteiger partial charge in [-0.25, -0.2) is 0 Å². The number of thiophene rings is 1. The fourth-order valence-electron chi connectivity index (χ4n) is 1.49. The van der Waals surface area contributed by atoms with Crippen LogP contribution >= 0.6 is 27.3 Å². The summed E-state index contributed by atoms with van der Waals surface area (Å²) >= 11 is 5.26. The summed E-state index contributed by atoms with van der Waals surface area (Å²) in [5, 5.41) is 0. The Labute approximate surface area is 98.8 Å². The maximum absolute atomic E-state index is 6.24. The first-order valence-corrected chi connectivity index (χ1v) is 6.55. The highest BCUT2D eigenvalue weighted by Gasteiger charge is 2.20. The third-order valence-electron chi connectivity index (χ3n) is 2.90. The third kappa shape index (κ3) is 2.59. The smallest absolute Gasteiger partial charge is 0.0704 e. The van der Waals surface area contributed by atoms with Crippen molar-refractivity contribution in [2.75, 3.05) is 0 Å². The normalized spacial score (nSPS) is 15.9. The van der Waals surface area contributed by atoms with Crippen LogP contribution < -0.4 is 5.73 Å². The average molecular weight is 276 g/mol. The lowest BCUT2D eigenvalue weighted by Crippen LogP contribution is -2.23. The molecule has 1 rings (SSSR count). The summed E-state index contributed by atoms with van der Waals surface area (Å²) in [6.07, 6.45) is 0. The predicted molar refractivity (Wildman–Crippen MR) is 67.7 cm³/mol. The Kier molecular flexibility index (Phi) is 4.16. The molecular weight excluding hydrogens is 258 g/mol. The molecule has 2 N–H and O–H groups in total. The zero-order valence-corrected chi connectivity index (χ0v) is 11.6. The van der Waals surface area contributed by atoms with E-state index in [1.54, 1.807) is 11.3 Å². The molecule has 1 heterocycles. The van der Waals surface area contributed by atoms with Crippen LogP contribution in [0.5, 0.6) is 0 Å². The summed E-state index contributed by atoms with van der Waals surface area (Å²) in [4.78, 5) is 1.33. The number of hydrogen-bond acceptors (Lipinski definition) is 2. The molecule has 0 fully saturated rings. The van der Waals surface area contributed by atoms with Crippen LogP contribution in [0.4, 0.5) is 0 Å². The van der Waals surface area contributed by atoms with E-state index in [1.807, 2.05) is 0 Å². The van der Waals surface area contributed by atoms with E-state index < -0.39 is 0 Å². The zero-order valence-electron chi connectivity index (χ0n) is 9.17. The standard InChI is InChI=1S/C11H18BrNS/c1-6(2)7(3)11(13)9-5-10(12)14-8(9)4/h5-7,11H,13H2,1-4H3. The van der Waals surface area contributed by atoms with Gasteiger partial charge in [0.25, 0.3) is 0 Å². The second-order valence-electron chi connectivity index (χ2n) is 4.19. The van der Waals surface area contributed by atoms with Crippen molar-refractivity contribution >= 4 is 27.3 Å². The first-order valence-electron chi connectivity index (χ1n) is 4.95. The van der Waals surface area contributed by atoms with Gasteiger partial charge in [-0.15, -0.1) is 11.3 Å². The van der Waals surface area contributed by atoms with Crippen molar-refractivity contribution < 1.29 is 0 Å². The van der Waals surface area contributed by atoms with Gasteiger partial charge in [-0.1, -0.05) is 20.8 Å². The van der Waals surface area contributed by atoms with Crippen molar-refractivity contribution in [2.45, 2.75) is 33.7 Å². The van der Waals surface area contributed by atoms with Crippen molar-refractivity contribution in [3.8, 4) is 0 Å². The lowest BCUT2D eigenvalue weighted by molar-refractivity contribution is 0.352. The van der Waals surface area contributed by atoms with Crippen LogP contribution in [0, 0.1) is 18.8 Å². The van der Waals surface area contributed by atoms with E-state index in [-0.39, 0.29) is 6.04 Å². The number of aryl methyl sites for hydroxylation is 1. The second kappa shape index (κ2) is 4.77. The molecule has 80 valence electrons. The topological polar surface area (TPSA) is 26.0 Å². The van der Waals surface area contributed by atoms with Crippen LogP contribution in [-0.4, -0.2) is 0 Å². The Hall–Kier alpha value is 0.140. The van der Waals surface area contributed by atoms with Crippen LogP contribution in [0.3, 0.4) is 0 Å². The fourth-order valence-corrected chi connectivity index (χ4v) is 3.25. The lowest BCUT2D eigenvalue weighted by atomic mass is 9.87.